The van der Waals surface area contributed by atoms with Crippen LogP contribution in [0.1, 0.15) is 105 Å². The van der Waals surface area contributed by atoms with Gasteiger partial charge in [0.1, 0.15) is 0 Å². The summed E-state index contributed by atoms with van der Waals surface area (Å²) in [5.74, 6) is 0.463. The zero-order valence-electron chi connectivity index (χ0n) is 16.5. The number of carbonyl (C=O) groups is 1. The van der Waals surface area contributed by atoms with Gasteiger partial charge in [0.2, 0.25) is 5.91 Å². The SMILES string of the molecule is C=C(C)C(=O)NC(C)(C)C(C)CCCCCCCCCCCC. The molecule has 1 N–H and O–H groups in total. The Bertz CT molecular complexity index is 333. The van der Waals surface area contributed by atoms with Gasteiger partial charge < -0.3 is 5.32 Å². The molecule has 0 radical (unpaired) electrons. The van der Waals surface area contributed by atoms with Gasteiger partial charge in [-0.25, -0.2) is 0 Å². The molecule has 2 heteroatoms. The summed E-state index contributed by atoms with van der Waals surface area (Å²) in [5.41, 5.74) is 0.430. The van der Waals surface area contributed by atoms with Crippen molar-refractivity contribution < 1.29 is 4.79 Å². The Kier molecular flexibility index (Phi) is 12.2. The van der Waals surface area contributed by atoms with E-state index in [4.69, 9.17) is 0 Å². The first-order chi connectivity index (χ1) is 10.8. The molecule has 0 heterocycles. The average Bonchev–Trinajstić information content (AvgIpc) is 2.48. The van der Waals surface area contributed by atoms with Crippen LogP contribution in [-0.4, -0.2) is 11.4 Å². The molecule has 0 aliphatic heterocycles. The lowest BCUT2D eigenvalue weighted by molar-refractivity contribution is -0.119. The van der Waals surface area contributed by atoms with Crippen molar-refractivity contribution in [1.82, 2.24) is 5.32 Å². The summed E-state index contributed by atoms with van der Waals surface area (Å²) in [4.78, 5) is 11.8. The third-order valence-electron chi connectivity index (χ3n) is 5.05. The second-order valence-electron chi connectivity index (χ2n) is 7.83. The zero-order valence-corrected chi connectivity index (χ0v) is 16.5. The van der Waals surface area contributed by atoms with Crippen molar-refractivity contribution in [3.05, 3.63) is 12.2 Å². The fourth-order valence-corrected chi connectivity index (χ4v) is 2.82. The minimum atomic E-state index is -0.157. The Morgan fingerprint density at radius 1 is 0.957 bits per heavy atom. The normalized spacial score (nSPS) is 12.9. The molecular weight excluding hydrogens is 282 g/mol. The van der Waals surface area contributed by atoms with Crippen LogP contribution in [0.15, 0.2) is 12.2 Å². The smallest absolute Gasteiger partial charge is 0.246 e. The van der Waals surface area contributed by atoms with E-state index in [-0.39, 0.29) is 11.4 Å². The van der Waals surface area contributed by atoms with E-state index >= 15 is 0 Å². The lowest BCUT2D eigenvalue weighted by atomic mass is 9.84. The van der Waals surface area contributed by atoms with Crippen LogP contribution in [0.4, 0.5) is 0 Å². The first kappa shape index (κ1) is 22.2. The zero-order chi connectivity index (χ0) is 17.7. The lowest BCUT2D eigenvalue weighted by Crippen LogP contribution is -2.48. The number of carbonyl (C=O) groups excluding carboxylic acids is 1. The summed E-state index contributed by atoms with van der Waals surface area (Å²) < 4.78 is 0. The molecule has 0 rings (SSSR count). The third kappa shape index (κ3) is 11.4. The predicted molar refractivity (Wildman–Crippen MR) is 103 cm³/mol. The molecular formula is C21H41NO. The highest BCUT2D eigenvalue weighted by atomic mass is 16.1. The van der Waals surface area contributed by atoms with Crippen LogP contribution in [-0.2, 0) is 4.79 Å². The highest BCUT2D eigenvalue weighted by Gasteiger charge is 2.27. The highest BCUT2D eigenvalue weighted by Crippen LogP contribution is 2.23. The van der Waals surface area contributed by atoms with Crippen molar-refractivity contribution in [1.29, 1.82) is 0 Å². The van der Waals surface area contributed by atoms with Crippen molar-refractivity contribution in [2.24, 2.45) is 5.92 Å². The van der Waals surface area contributed by atoms with E-state index < -0.39 is 0 Å². The molecule has 1 amide bonds. The molecule has 2 nitrogen and oxygen atoms in total. The van der Waals surface area contributed by atoms with Crippen LogP contribution in [0.25, 0.3) is 0 Å². The van der Waals surface area contributed by atoms with E-state index in [1.807, 2.05) is 0 Å². The first-order valence-electron chi connectivity index (χ1n) is 9.79. The highest BCUT2D eigenvalue weighted by molar-refractivity contribution is 5.92. The summed E-state index contributed by atoms with van der Waals surface area (Å²) in [5, 5.41) is 3.10. The largest absolute Gasteiger partial charge is 0.347 e. The van der Waals surface area contributed by atoms with Gasteiger partial charge in [-0.05, 0) is 33.1 Å². The molecule has 0 saturated carbocycles. The number of rotatable bonds is 14. The third-order valence-corrected chi connectivity index (χ3v) is 5.05. The van der Waals surface area contributed by atoms with Gasteiger partial charge in [0.25, 0.3) is 0 Å². The van der Waals surface area contributed by atoms with Gasteiger partial charge in [0, 0.05) is 11.1 Å². The second kappa shape index (κ2) is 12.6. The van der Waals surface area contributed by atoms with E-state index in [2.05, 4.69) is 39.6 Å². The van der Waals surface area contributed by atoms with Crippen molar-refractivity contribution >= 4 is 5.91 Å². The Morgan fingerprint density at radius 3 is 1.83 bits per heavy atom. The minimum Gasteiger partial charge on any atom is -0.347 e. The number of amides is 1. The summed E-state index contributed by atoms with van der Waals surface area (Å²) in [7, 11) is 0. The molecule has 0 saturated heterocycles. The number of unbranched alkanes of at least 4 members (excludes halogenated alkanes) is 9. The quantitative estimate of drug-likeness (QED) is 0.290. The van der Waals surface area contributed by atoms with Crippen LogP contribution in [0.5, 0.6) is 0 Å². The van der Waals surface area contributed by atoms with E-state index in [0.717, 1.165) is 0 Å². The molecule has 0 bridgehead atoms. The van der Waals surface area contributed by atoms with Crippen LogP contribution < -0.4 is 5.32 Å². The van der Waals surface area contributed by atoms with E-state index in [9.17, 15) is 4.79 Å². The average molecular weight is 324 g/mol. The van der Waals surface area contributed by atoms with Gasteiger partial charge in [-0.15, -0.1) is 0 Å². The molecule has 0 fully saturated rings. The topological polar surface area (TPSA) is 29.1 Å². The molecule has 0 aliphatic rings. The molecule has 0 aliphatic carbocycles. The predicted octanol–water partition coefficient (Wildman–Crippen LogP) is 6.40. The molecule has 0 aromatic carbocycles. The Hall–Kier alpha value is -0.790. The fraction of sp³-hybridized carbons (Fsp3) is 0.857. The molecule has 136 valence electrons. The number of hydrogen-bond acceptors (Lipinski definition) is 1. The van der Waals surface area contributed by atoms with Crippen LogP contribution in [0.2, 0.25) is 0 Å². The van der Waals surface area contributed by atoms with E-state index in [1.165, 1.54) is 70.6 Å². The Labute approximate surface area is 145 Å². The van der Waals surface area contributed by atoms with Crippen molar-refractivity contribution in [3.63, 3.8) is 0 Å². The molecule has 0 spiro atoms. The number of hydrogen-bond donors (Lipinski definition) is 1. The van der Waals surface area contributed by atoms with Gasteiger partial charge in [-0.3, -0.25) is 4.79 Å². The van der Waals surface area contributed by atoms with Crippen molar-refractivity contribution in [2.75, 3.05) is 0 Å². The standard InChI is InChI=1S/C21H41NO/c1-7-8-9-10-11-12-13-14-15-16-17-19(4)21(5,6)22-20(23)18(2)3/h19H,2,7-17H2,1,3-6H3,(H,22,23). The summed E-state index contributed by atoms with van der Waals surface area (Å²) in [6.07, 6.45) is 14.9. The van der Waals surface area contributed by atoms with Gasteiger partial charge in [-0.2, -0.15) is 0 Å². The first-order valence-corrected chi connectivity index (χ1v) is 9.79. The fourth-order valence-electron chi connectivity index (χ4n) is 2.82. The van der Waals surface area contributed by atoms with Gasteiger partial charge in [0.05, 0.1) is 0 Å². The lowest BCUT2D eigenvalue weighted by Gasteiger charge is -2.33. The maximum Gasteiger partial charge on any atom is 0.246 e. The second-order valence-corrected chi connectivity index (χ2v) is 7.83. The molecule has 0 aromatic rings. The maximum absolute atomic E-state index is 11.8. The minimum absolute atomic E-state index is 0.0232. The summed E-state index contributed by atoms with van der Waals surface area (Å²) >= 11 is 0. The molecule has 23 heavy (non-hydrogen) atoms. The van der Waals surface area contributed by atoms with E-state index in [1.54, 1.807) is 6.92 Å². The van der Waals surface area contributed by atoms with Gasteiger partial charge in [-0.1, -0.05) is 84.6 Å². The summed E-state index contributed by atoms with van der Waals surface area (Å²) in [6, 6.07) is 0. The molecule has 1 unspecified atom stereocenters. The van der Waals surface area contributed by atoms with Gasteiger partial charge >= 0.3 is 0 Å². The Morgan fingerprint density at radius 2 is 1.39 bits per heavy atom. The summed E-state index contributed by atoms with van der Waals surface area (Å²) in [6.45, 7) is 14.2. The molecule has 1 atom stereocenters. The van der Waals surface area contributed by atoms with Crippen molar-refractivity contribution in [2.45, 2.75) is 111 Å². The monoisotopic (exact) mass is 323 g/mol. The maximum atomic E-state index is 11.8. The van der Waals surface area contributed by atoms with Crippen LogP contribution in [0.3, 0.4) is 0 Å². The van der Waals surface area contributed by atoms with Crippen molar-refractivity contribution in [3.8, 4) is 0 Å². The van der Waals surface area contributed by atoms with E-state index in [0.29, 0.717) is 11.5 Å². The number of nitrogens with one attached hydrogen (secondary N) is 1. The Balaban J connectivity index is 3.67. The van der Waals surface area contributed by atoms with Crippen LogP contribution >= 0.6 is 0 Å². The van der Waals surface area contributed by atoms with Crippen LogP contribution in [0, 0.1) is 5.92 Å². The molecule has 0 aromatic heterocycles. The van der Waals surface area contributed by atoms with Gasteiger partial charge in [0.15, 0.2) is 0 Å².